The highest BCUT2D eigenvalue weighted by Crippen LogP contribution is 2.27. The molecule has 1 aromatic rings. The summed E-state index contributed by atoms with van der Waals surface area (Å²) in [5.74, 6) is -1.35. The van der Waals surface area contributed by atoms with Gasteiger partial charge in [0.2, 0.25) is 17.7 Å². The van der Waals surface area contributed by atoms with E-state index < -0.39 is 35.6 Å². The van der Waals surface area contributed by atoms with Gasteiger partial charge in [-0.05, 0) is 65.5 Å². The molecule has 4 amide bonds. The van der Waals surface area contributed by atoms with Gasteiger partial charge in [-0.2, -0.15) is 0 Å². The smallest absolute Gasteiger partial charge is 0.408 e. The minimum Gasteiger partial charge on any atom is -0.444 e. The Bertz CT molecular complexity index is 926. The summed E-state index contributed by atoms with van der Waals surface area (Å²) in [7, 11) is 0. The van der Waals surface area contributed by atoms with Crippen LogP contribution in [0.2, 0.25) is 0 Å². The second-order valence-corrected chi connectivity index (χ2v) is 11.1. The summed E-state index contributed by atoms with van der Waals surface area (Å²) in [6, 6.07) is 5.33. The monoisotopic (exact) mass is 532 g/mol. The van der Waals surface area contributed by atoms with E-state index in [1.165, 1.54) is 4.90 Å². The Morgan fingerprint density at radius 1 is 1.00 bits per heavy atom. The average Bonchev–Trinajstić information content (AvgIpc) is 2.79. The first-order valence-electron chi connectivity index (χ1n) is 13.7. The number of alkyl carbamates (subject to hydrolysis) is 1. The number of nitrogens with one attached hydrogen (secondary N) is 2. The molecule has 0 saturated heterocycles. The van der Waals surface area contributed by atoms with Gasteiger partial charge >= 0.3 is 6.09 Å². The van der Waals surface area contributed by atoms with Crippen LogP contribution in [-0.4, -0.2) is 52.9 Å². The lowest BCUT2D eigenvalue weighted by Gasteiger charge is -2.35. The summed E-state index contributed by atoms with van der Waals surface area (Å²) in [5, 5.41) is 5.59. The molecule has 0 aliphatic carbocycles. The Morgan fingerprint density at radius 3 is 2.18 bits per heavy atom. The van der Waals surface area contributed by atoms with E-state index in [1.54, 1.807) is 20.8 Å². The molecule has 0 heterocycles. The first-order chi connectivity index (χ1) is 17.8. The van der Waals surface area contributed by atoms with Crippen molar-refractivity contribution in [2.24, 2.45) is 5.73 Å². The Labute approximate surface area is 228 Å². The molecule has 9 heteroatoms. The van der Waals surface area contributed by atoms with E-state index in [4.69, 9.17) is 10.5 Å². The predicted molar refractivity (Wildman–Crippen MR) is 149 cm³/mol. The molecule has 0 aromatic heterocycles. The zero-order chi connectivity index (χ0) is 28.9. The molecule has 0 radical (unpaired) electrons. The number of aryl methyl sites for hydroxylation is 1. The van der Waals surface area contributed by atoms with Crippen LogP contribution in [0.5, 0.6) is 0 Å². The summed E-state index contributed by atoms with van der Waals surface area (Å²) < 4.78 is 5.38. The molecule has 0 saturated carbocycles. The quantitative estimate of drug-likeness (QED) is 0.286. The van der Waals surface area contributed by atoms with Gasteiger partial charge in [-0.1, -0.05) is 56.9 Å². The van der Waals surface area contributed by atoms with Crippen LogP contribution in [0.25, 0.3) is 0 Å². The van der Waals surface area contributed by atoms with Gasteiger partial charge in [-0.25, -0.2) is 4.79 Å². The number of hydrogen-bond acceptors (Lipinski definition) is 5. The van der Waals surface area contributed by atoms with Gasteiger partial charge in [0.15, 0.2) is 0 Å². The standard InChI is InChI=1S/C29H48N4O5/c1-8-9-10-11-14-19-33(25(26(35)31-20(2)3)22-16-13-12-15-21(22)4)27(36)23(17-18-24(30)34)32-28(37)38-29(5,6)7/h12-13,15-16,20,23,25H,8-11,14,17-19H2,1-7H3,(H2,30,34)(H,31,35)(H,32,37). The molecule has 0 aliphatic heterocycles. The van der Waals surface area contributed by atoms with E-state index in [0.29, 0.717) is 18.5 Å². The zero-order valence-electron chi connectivity index (χ0n) is 24.3. The highest BCUT2D eigenvalue weighted by molar-refractivity contribution is 5.92. The maximum atomic E-state index is 14.1. The van der Waals surface area contributed by atoms with Gasteiger partial charge in [-0.3, -0.25) is 14.4 Å². The van der Waals surface area contributed by atoms with Crippen LogP contribution in [-0.2, 0) is 19.1 Å². The van der Waals surface area contributed by atoms with Crippen molar-refractivity contribution in [1.82, 2.24) is 15.5 Å². The summed E-state index contributed by atoms with van der Waals surface area (Å²) >= 11 is 0. The number of unbranched alkanes of at least 4 members (excludes halogenated alkanes) is 4. The maximum Gasteiger partial charge on any atom is 0.408 e. The van der Waals surface area contributed by atoms with E-state index in [-0.39, 0.29) is 24.8 Å². The number of benzene rings is 1. The molecule has 4 N–H and O–H groups in total. The molecular weight excluding hydrogens is 484 g/mol. The normalized spacial score (nSPS) is 12.9. The highest BCUT2D eigenvalue weighted by atomic mass is 16.6. The van der Waals surface area contributed by atoms with E-state index >= 15 is 0 Å². The molecule has 9 nitrogen and oxygen atoms in total. The number of amides is 4. The second kappa shape index (κ2) is 16.0. The van der Waals surface area contributed by atoms with Crippen LogP contribution in [0, 0.1) is 6.92 Å². The Kier molecular flexibility index (Phi) is 13.9. The van der Waals surface area contributed by atoms with Crippen molar-refractivity contribution in [3.05, 3.63) is 35.4 Å². The van der Waals surface area contributed by atoms with E-state index in [0.717, 1.165) is 31.2 Å². The van der Waals surface area contributed by atoms with Gasteiger partial charge in [0.25, 0.3) is 0 Å². The number of nitrogens with two attached hydrogens (primary N) is 1. The largest absolute Gasteiger partial charge is 0.444 e. The molecule has 0 fully saturated rings. The fourth-order valence-corrected chi connectivity index (χ4v) is 4.15. The minimum atomic E-state index is -1.09. The first-order valence-corrected chi connectivity index (χ1v) is 13.7. The third-order valence-corrected chi connectivity index (χ3v) is 5.93. The van der Waals surface area contributed by atoms with E-state index in [1.807, 2.05) is 45.0 Å². The van der Waals surface area contributed by atoms with Crippen molar-refractivity contribution >= 4 is 23.8 Å². The predicted octanol–water partition coefficient (Wildman–Crippen LogP) is 4.52. The molecule has 2 unspecified atom stereocenters. The third kappa shape index (κ3) is 12.0. The number of rotatable bonds is 15. The van der Waals surface area contributed by atoms with Crippen LogP contribution in [0.3, 0.4) is 0 Å². The zero-order valence-corrected chi connectivity index (χ0v) is 24.3. The molecule has 0 aliphatic rings. The Morgan fingerprint density at radius 2 is 1.63 bits per heavy atom. The molecule has 1 rings (SSSR count). The van der Waals surface area contributed by atoms with Crippen molar-refractivity contribution in [2.75, 3.05) is 6.54 Å². The van der Waals surface area contributed by atoms with Crippen LogP contribution in [0.1, 0.15) is 104 Å². The van der Waals surface area contributed by atoms with E-state index in [9.17, 15) is 19.2 Å². The lowest BCUT2D eigenvalue weighted by atomic mass is 9.97. The van der Waals surface area contributed by atoms with Gasteiger partial charge < -0.3 is 26.0 Å². The fraction of sp³-hybridized carbons (Fsp3) is 0.655. The number of nitrogens with zero attached hydrogens (tertiary/aromatic N) is 1. The Hall–Kier alpha value is -3.10. The van der Waals surface area contributed by atoms with Gasteiger partial charge in [-0.15, -0.1) is 0 Å². The van der Waals surface area contributed by atoms with Crippen LogP contribution in [0.15, 0.2) is 24.3 Å². The summed E-state index contributed by atoms with van der Waals surface area (Å²) in [6.45, 7) is 13.2. The summed E-state index contributed by atoms with van der Waals surface area (Å²) in [6.07, 6.45) is 3.89. The molecule has 38 heavy (non-hydrogen) atoms. The summed E-state index contributed by atoms with van der Waals surface area (Å²) in [4.78, 5) is 53.5. The maximum absolute atomic E-state index is 14.1. The number of hydrogen-bond donors (Lipinski definition) is 3. The minimum absolute atomic E-state index is 0.00790. The number of carbonyl (C=O) groups excluding carboxylic acids is 4. The number of primary amides is 1. The molecule has 0 spiro atoms. The summed E-state index contributed by atoms with van der Waals surface area (Å²) in [5.41, 5.74) is 6.18. The molecule has 1 aromatic carbocycles. The first kappa shape index (κ1) is 32.9. The fourth-order valence-electron chi connectivity index (χ4n) is 4.15. The third-order valence-electron chi connectivity index (χ3n) is 5.93. The van der Waals surface area contributed by atoms with Gasteiger partial charge in [0.05, 0.1) is 0 Å². The van der Waals surface area contributed by atoms with Crippen LogP contribution >= 0.6 is 0 Å². The molecule has 2 atom stereocenters. The van der Waals surface area contributed by atoms with Crippen molar-refractivity contribution < 1.29 is 23.9 Å². The topological polar surface area (TPSA) is 131 Å². The highest BCUT2D eigenvalue weighted by Gasteiger charge is 2.36. The number of carbonyl (C=O) groups is 4. The SMILES string of the molecule is CCCCCCCN(C(=O)C(CCC(N)=O)NC(=O)OC(C)(C)C)C(C(=O)NC(C)C)c1ccccc1C. The van der Waals surface area contributed by atoms with Crippen LogP contribution in [0.4, 0.5) is 4.79 Å². The van der Waals surface area contributed by atoms with Crippen molar-refractivity contribution in [1.29, 1.82) is 0 Å². The molecule has 0 bridgehead atoms. The average molecular weight is 533 g/mol. The lowest BCUT2D eigenvalue weighted by molar-refractivity contribution is -0.143. The van der Waals surface area contributed by atoms with Gasteiger partial charge in [0.1, 0.15) is 17.7 Å². The van der Waals surface area contributed by atoms with E-state index in [2.05, 4.69) is 17.6 Å². The van der Waals surface area contributed by atoms with Crippen LogP contribution < -0.4 is 16.4 Å². The lowest BCUT2D eigenvalue weighted by Crippen LogP contribution is -2.54. The Balaban J connectivity index is 3.48. The van der Waals surface area contributed by atoms with Crippen molar-refractivity contribution in [3.8, 4) is 0 Å². The second-order valence-electron chi connectivity index (χ2n) is 11.1. The van der Waals surface area contributed by atoms with Gasteiger partial charge in [0, 0.05) is 19.0 Å². The number of ether oxygens (including phenoxy) is 1. The van der Waals surface area contributed by atoms with Crippen molar-refractivity contribution in [2.45, 2.75) is 117 Å². The molecular formula is C29H48N4O5. The van der Waals surface area contributed by atoms with Crippen molar-refractivity contribution in [3.63, 3.8) is 0 Å². The molecule has 214 valence electrons.